The first-order chi connectivity index (χ1) is 8.69. The zero-order chi connectivity index (χ0) is 13.4. The SMILES string of the molecule is C=CCCCCCC(NC)c1cc(C)ccc1Br. The Hall–Kier alpha value is -0.600. The lowest BCUT2D eigenvalue weighted by molar-refractivity contribution is 0.506. The third kappa shape index (κ3) is 4.95. The van der Waals surface area contributed by atoms with E-state index in [-0.39, 0.29) is 0 Å². The lowest BCUT2D eigenvalue weighted by atomic mass is 9.99. The van der Waals surface area contributed by atoms with E-state index in [2.05, 4.69) is 52.9 Å². The normalized spacial score (nSPS) is 12.4. The smallest absolute Gasteiger partial charge is 0.0328 e. The van der Waals surface area contributed by atoms with Crippen molar-refractivity contribution in [2.24, 2.45) is 0 Å². The fourth-order valence-corrected chi connectivity index (χ4v) is 2.72. The molecule has 1 N–H and O–H groups in total. The predicted octanol–water partition coefficient (Wildman–Crippen LogP) is 5.15. The fourth-order valence-electron chi connectivity index (χ4n) is 2.20. The monoisotopic (exact) mass is 309 g/mol. The average molecular weight is 310 g/mol. The first-order valence-electron chi connectivity index (χ1n) is 6.73. The molecular formula is C16H24BrN. The van der Waals surface area contributed by atoms with Gasteiger partial charge in [0.05, 0.1) is 0 Å². The number of halogens is 1. The molecule has 0 saturated heterocycles. The van der Waals surface area contributed by atoms with Crippen molar-refractivity contribution in [1.29, 1.82) is 0 Å². The van der Waals surface area contributed by atoms with Crippen LogP contribution in [0.1, 0.15) is 49.3 Å². The highest BCUT2D eigenvalue weighted by atomic mass is 79.9. The van der Waals surface area contributed by atoms with Crippen LogP contribution in [0.4, 0.5) is 0 Å². The zero-order valence-electron chi connectivity index (χ0n) is 11.5. The largest absolute Gasteiger partial charge is 0.313 e. The van der Waals surface area contributed by atoms with Crippen LogP contribution in [-0.2, 0) is 0 Å². The van der Waals surface area contributed by atoms with Crippen LogP contribution in [0.3, 0.4) is 0 Å². The van der Waals surface area contributed by atoms with Gasteiger partial charge in [-0.3, -0.25) is 0 Å². The molecule has 0 saturated carbocycles. The molecule has 1 unspecified atom stereocenters. The molecule has 18 heavy (non-hydrogen) atoms. The van der Waals surface area contributed by atoms with Crippen molar-refractivity contribution in [1.82, 2.24) is 5.32 Å². The Morgan fingerprint density at radius 3 is 2.78 bits per heavy atom. The number of allylic oxidation sites excluding steroid dienone is 1. The molecule has 0 aliphatic rings. The van der Waals surface area contributed by atoms with E-state index in [1.807, 2.05) is 13.1 Å². The molecule has 1 atom stereocenters. The second-order valence-electron chi connectivity index (χ2n) is 4.79. The lowest BCUT2D eigenvalue weighted by Crippen LogP contribution is -2.17. The summed E-state index contributed by atoms with van der Waals surface area (Å²) in [5.74, 6) is 0. The summed E-state index contributed by atoms with van der Waals surface area (Å²) in [6.45, 7) is 5.91. The number of hydrogen-bond donors (Lipinski definition) is 1. The second kappa shape index (κ2) is 8.49. The molecule has 1 aromatic rings. The highest BCUT2D eigenvalue weighted by molar-refractivity contribution is 9.10. The minimum absolute atomic E-state index is 0.447. The highest BCUT2D eigenvalue weighted by Crippen LogP contribution is 2.28. The third-order valence-electron chi connectivity index (χ3n) is 3.28. The van der Waals surface area contributed by atoms with Gasteiger partial charge in [0.15, 0.2) is 0 Å². The van der Waals surface area contributed by atoms with Crippen molar-refractivity contribution in [3.8, 4) is 0 Å². The molecule has 1 rings (SSSR count). The first-order valence-corrected chi connectivity index (χ1v) is 7.52. The molecule has 0 aliphatic heterocycles. The Morgan fingerprint density at radius 2 is 2.11 bits per heavy atom. The minimum Gasteiger partial charge on any atom is -0.313 e. The molecule has 0 fully saturated rings. The van der Waals surface area contributed by atoms with Crippen LogP contribution in [0.15, 0.2) is 35.3 Å². The van der Waals surface area contributed by atoms with Crippen LogP contribution >= 0.6 is 15.9 Å². The van der Waals surface area contributed by atoms with Gasteiger partial charge < -0.3 is 5.32 Å². The number of aryl methyl sites for hydroxylation is 1. The number of nitrogens with one attached hydrogen (secondary N) is 1. The summed E-state index contributed by atoms with van der Waals surface area (Å²) in [4.78, 5) is 0. The van der Waals surface area contributed by atoms with Gasteiger partial charge in [-0.25, -0.2) is 0 Å². The summed E-state index contributed by atoms with van der Waals surface area (Å²) in [6, 6.07) is 7.01. The lowest BCUT2D eigenvalue weighted by Gasteiger charge is -2.18. The van der Waals surface area contributed by atoms with Crippen LogP contribution in [0, 0.1) is 6.92 Å². The van der Waals surface area contributed by atoms with Gasteiger partial charge in [-0.1, -0.05) is 52.5 Å². The van der Waals surface area contributed by atoms with Gasteiger partial charge in [0.2, 0.25) is 0 Å². The second-order valence-corrected chi connectivity index (χ2v) is 5.65. The van der Waals surface area contributed by atoms with Gasteiger partial charge in [-0.05, 0) is 44.9 Å². The maximum absolute atomic E-state index is 3.76. The Kier molecular flexibility index (Phi) is 7.29. The summed E-state index contributed by atoms with van der Waals surface area (Å²) in [7, 11) is 2.04. The fraction of sp³-hybridized carbons (Fsp3) is 0.500. The van der Waals surface area contributed by atoms with E-state index in [4.69, 9.17) is 0 Å². The van der Waals surface area contributed by atoms with Gasteiger partial charge in [0.25, 0.3) is 0 Å². The van der Waals surface area contributed by atoms with Crippen LogP contribution in [-0.4, -0.2) is 7.05 Å². The summed E-state index contributed by atoms with van der Waals surface area (Å²) in [5.41, 5.74) is 2.70. The van der Waals surface area contributed by atoms with E-state index >= 15 is 0 Å². The van der Waals surface area contributed by atoms with Crippen molar-refractivity contribution in [3.63, 3.8) is 0 Å². The van der Waals surface area contributed by atoms with Gasteiger partial charge in [0, 0.05) is 10.5 Å². The summed E-state index contributed by atoms with van der Waals surface area (Å²) in [6.07, 6.45) is 8.14. The maximum Gasteiger partial charge on any atom is 0.0328 e. The van der Waals surface area contributed by atoms with Gasteiger partial charge in [0.1, 0.15) is 0 Å². The van der Waals surface area contributed by atoms with Crippen molar-refractivity contribution in [2.75, 3.05) is 7.05 Å². The molecule has 0 aromatic heterocycles. The van der Waals surface area contributed by atoms with E-state index in [1.54, 1.807) is 0 Å². The van der Waals surface area contributed by atoms with E-state index in [0.29, 0.717) is 6.04 Å². The number of unbranched alkanes of at least 4 members (excludes halogenated alkanes) is 3. The maximum atomic E-state index is 3.76. The molecule has 0 bridgehead atoms. The summed E-state index contributed by atoms with van der Waals surface area (Å²) < 4.78 is 1.21. The van der Waals surface area contributed by atoms with Crippen LogP contribution in [0.2, 0.25) is 0 Å². The molecule has 2 heteroatoms. The summed E-state index contributed by atoms with van der Waals surface area (Å²) in [5, 5.41) is 3.43. The third-order valence-corrected chi connectivity index (χ3v) is 4.00. The molecule has 100 valence electrons. The van der Waals surface area contributed by atoms with E-state index in [0.717, 1.165) is 6.42 Å². The van der Waals surface area contributed by atoms with E-state index in [1.165, 1.54) is 41.3 Å². The first kappa shape index (κ1) is 15.5. The number of hydrogen-bond acceptors (Lipinski definition) is 1. The molecule has 0 aliphatic carbocycles. The predicted molar refractivity (Wildman–Crippen MR) is 84.0 cm³/mol. The molecule has 0 radical (unpaired) electrons. The number of benzene rings is 1. The topological polar surface area (TPSA) is 12.0 Å². The van der Waals surface area contributed by atoms with Crippen LogP contribution in [0.5, 0.6) is 0 Å². The van der Waals surface area contributed by atoms with Gasteiger partial charge >= 0.3 is 0 Å². The highest BCUT2D eigenvalue weighted by Gasteiger charge is 2.12. The molecule has 0 amide bonds. The zero-order valence-corrected chi connectivity index (χ0v) is 13.1. The average Bonchev–Trinajstić information content (AvgIpc) is 2.37. The van der Waals surface area contributed by atoms with Gasteiger partial charge in [-0.15, -0.1) is 6.58 Å². The quantitative estimate of drug-likeness (QED) is 0.517. The Bertz CT molecular complexity index is 373. The Balaban J connectivity index is 2.54. The van der Waals surface area contributed by atoms with Crippen LogP contribution < -0.4 is 5.32 Å². The van der Waals surface area contributed by atoms with Crippen molar-refractivity contribution >= 4 is 15.9 Å². The van der Waals surface area contributed by atoms with Crippen molar-refractivity contribution in [3.05, 3.63) is 46.5 Å². The van der Waals surface area contributed by atoms with Crippen molar-refractivity contribution < 1.29 is 0 Å². The molecular weight excluding hydrogens is 286 g/mol. The Labute approximate surface area is 120 Å². The van der Waals surface area contributed by atoms with Gasteiger partial charge in [-0.2, -0.15) is 0 Å². The van der Waals surface area contributed by atoms with E-state index in [9.17, 15) is 0 Å². The summed E-state index contributed by atoms with van der Waals surface area (Å²) >= 11 is 3.65. The molecule has 1 nitrogen and oxygen atoms in total. The van der Waals surface area contributed by atoms with E-state index < -0.39 is 0 Å². The Morgan fingerprint density at radius 1 is 1.33 bits per heavy atom. The minimum atomic E-state index is 0.447. The molecule has 0 spiro atoms. The van der Waals surface area contributed by atoms with Crippen molar-refractivity contribution in [2.45, 2.75) is 45.1 Å². The molecule has 0 heterocycles. The van der Waals surface area contributed by atoms with Crippen LogP contribution in [0.25, 0.3) is 0 Å². The standard InChI is InChI=1S/C16H24BrN/c1-4-5-6-7-8-9-16(18-3)14-12-13(2)10-11-15(14)17/h4,10-12,16,18H,1,5-9H2,2-3H3. The number of rotatable bonds is 8. The molecule has 1 aromatic carbocycles.